The van der Waals surface area contributed by atoms with Crippen LogP contribution in [0.4, 0.5) is 0 Å². The number of likely N-dealkylation sites (tertiary alicyclic amines) is 1. The molecule has 1 saturated heterocycles. The van der Waals surface area contributed by atoms with Crippen LogP contribution in [0.5, 0.6) is 0 Å². The fourth-order valence-corrected chi connectivity index (χ4v) is 3.49. The number of hydrogen-bond acceptors (Lipinski definition) is 5. The van der Waals surface area contributed by atoms with Crippen LogP contribution in [0, 0.1) is 6.92 Å². The Bertz CT molecular complexity index is 931. The molecule has 2 aromatic heterocycles. The van der Waals surface area contributed by atoms with E-state index in [0.717, 1.165) is 35.5 Å². The summed E-state index contributed by atoms with van der Waals surface area (Å²) < 4.78 is 0. The fourth-order valence-electron chi connectivity index (χ4n) is 3.49. The smallest absolute Gasteiger partial charge is 0.252 e. The lowest BCUT2D eigenvalue weighted by molar-refractivity contribution is 0.0433. The van der Waals surface area contributed by atoms with E-state index in [0.29, 0.717) is 18.2 Å². The molecule has 2 atom stereocenters. The topological polar surface area (TPSA) is 86.8 Å². The number of benzene rings is 1. The van der Waals surface area contributed by atoms with Gasteiger partial charge >= 0.3 is 0 Å². The van der Waals surface area contributed by atoms with E-state index in [1.807, 2.05) is 37.3 Å². The van der Waals surface area contributed by atoms with Gasteiger partial charge in [0.15, 0.2) is 5.82 Å². The Morgan fingerprint density at radius 1 is 1.38 bits per heavy atom. The molecule has 3 heterocycles. The number of amides is 1. The van der Waals surface area contributed by atoms with E-state index >= 15 is 0 Å². The van der Waals surface area contributed by atoms with Crippen molar-refractivity contribution in [3.05, 3.63) is 53.7 Å². The van der Waals surface area contributed by atoms with E-state index < -0.39 is 0 Å². The minimum absolute atomic E-state index is 0.0585. The molecule has 2 unspecified atom stereocenters. The number of pyridine rings is 1. The first-order chi connectivity index (χ1) is 12.6. The third-order valence-electron chi connectivity index (χ3n) is 5.06. The average molecular weight is 350 g/mol. The summed E-state index contributed by atoms with van der Waals surface area (Å²) in [6.07, 6.45) is 2.80. The third kappa shape index (κ3) is 3.06. The number of carbonyl (C=O) groups is 1. The molecule has 134 valence electrons. The highest BCUT2D eigenvalue weighted by Crippen LogP contribution is 2.28. The standard InChI is InChI=1S/C19H22N6O/c1-12(18-22-13(2)23-24-18)25-10-8-14(25)11-21-19(26)16-5-3-7-17-15(16)6-4-9-20-17/h3-7,9,12,14H,8,10-11H2,1-2H3,(H,21,26)(H,22,23,24). The number of aryl methyl sites for hydroxylation is 1. The predicted octanol–water partition coefficient (Wildman–Crippen LogP) is 2.23. The van der Waals surface area contributed by atoms with Crippen molar-refractivity contribution in [2.75, 3.05) is 13.1 Å². The van der Waals surface area contributed by atoms with Crippen LogP contribution in [0.1, 0.15) is 41.4 Å². The van der Waals surface area contributed by atoms with Gasteiger partial charge in [-0.25, -0.2) is 4.98 Å². The van der Waals surface area contributed by atoms with E-state index in [1.165, 1.54) is 0 Å². The molecule has 0 radical (unpaired) electrons. The van der Waals surface area contributed by atoms with Gasteiger partial charge in [-0.1, -0.05) is 12.1 Å². The number of rotatable bonds is 5. The van der Waals surface area contributed by atoms with Crippen molar-refractivity contribution in [2.24, 2.45) is 0 Å². The maximum absolute atomic E-state index is 12.7. The maximum atomic E-state index is 12.7. The molecule has 3 aromatic rings. The summed E-state index contributed by atoms with van der Waals surface area (Å²) in [4.78, 5) is 23.7. The molecule has 1 fully saturated rings. The van der Waals surface area contributed by atoms with Crippen molar-refractivity contribution in [2.45, 2.75) is 32.4 Å². The van der Waals surface area contributed by atoms with Gasteiger partial charge < -0.3 is 5.32 Å². The van der Waals surface area contributed by atoms with Gasteiger partial charge in [0.25, 0.3) is 5.91 Å². The summed E-state index contributed by atoms with van der Waals surface area (Å²) in [6.45, 7) is 5.61. The van der Waals surface area contributed by atoms with E-state index in [2.05, 4.69) is 37.3 Å². The first-order valence-corrected chi connectivity index (χ1v) is 8.90. The van der Waals surface area contributed by atoms with Gasteiger partial charge in [0.05, 0.1) is 11.6 Å². The van der Waals surface area contributed by atoms with Crippen LogP contribution in [-0.2, 0) is 0 Å². The van der Waals surface area contributed by atoms with Crippen LogP contribution >= 0.6 is 0 Å². The molecule has 1 amide bonds. The molecule has 1 aromatic carbocycles. The molecule has 7 nitrogen and oxygen atoms in total. The maximum Gasteiger partial charge on any atom is 0.252 e. The van der Waals surface area contributed by atoms with Gasteiger partial charge in [0.1, 0.15) is 5.82 Å². The van der Waals surface area contributed by atoms with Crippen molar-refractivity contribution in [3.63, 3.8) is 0 Å². The van der Waals surface area contributed by atoms with Crippen molar-refractivity contribution < 1.29 is 4.79 Å². The zero-order valence-corrected chi connectivity index (χ0v) is 14.9. The Hall–Kier alpha value is -2.80. The van der Waals surface area contributed by atoms with E-state index in [1.54, 1.807) is 6.20 Å². The van der Waals surface area contributed by atoms with Crippen LogP contribution < -0.4 is 5.32 Å². The zero-order chi connectivity index (χ0) is 18.1. The summed E-state index contributed by atoms with van der Waals surface area (Å²) in [7, 11) is 0. The van der Waals surface area contributed by atoms with Gasteiger partial charge in [0.2, 0.25) is 0 Å². The lowest BCUT2D eigenvalue weighted by Gasteiger charge is -2.44. The van der Waals surface area contributed by atoms with E-state index in [9.17, 15) is 4.79 Å². The molecule has 1 aliphatic heterocycles. The number of fused-ring (bicyclic) bond motifs is 1. The molecule has 0 spiro atoms. The molecule has 0 aliphatic carbocycles. The molecular formula is C19H22N6O. The third-order valence-corrected chi connectivity index (χ3v) is 5.06. The highest BCUT2D eigenvalue weighted by Gasteiger charge is 2.34. The number of hydrogen-bond donors (Lipinski definition) is 2. The molecule has 4 rings (SSSR count). The molecule has 0 bridgehead atoms. The van der Waals surface area contributed by atoms with Gasteiger partial charge in [-0.05, 0) is 38.5 Å². The first-order valence-electron chi connectivity index (χ1n) is 8.90. The Balaban J connectivity index is 1.41. The number of nitrogens with zero attached hydrogens (tertiary/aromatic N) is 4. The SMILES string of the molecule is Cc1nc(C(C)N2CCC2CNC(=O)c2cccc3ncccc23)n[nH]1. The van der Waals surface area contributed by atoms with Gasteiger partial charge in [0, 0.05) is 36.3 Å². The molecule has 0 saturated carbocycles. The molecule has 2 N–H and O–H groups in total. The van der Waals surface area contributed by atoms with E-state index in [4.69, 9.17) is 0 Å². The molecular weight excluding hydrogens is 328 g/mol. The highest BCUT2D eigenvalue weighted by molar-refractivity contribution is 6.06. The minimum atomic E-state index is -0.0585. The summed E-state index contributed by atoms with van der Waals surface area (Å²) in [5.41, 5.74) is 1.50. The monoisotopic (exact) mass is 350 g/mol. The zero-order valence-electron chi connectivity index (χ0n) is 14.9. The van der Waals surface area contributed by atoms with Crippen LogP contribution in [-0.4, -0.2) is 50.1 Å². The average Bonchev–Trinajstić information content (AvgIpc) is 3.07. The summed E-state index contributed by atoms with van der Waals surface area (Å²) in [5, 5.41) is 11.1. The van der Waals surface area contributed by atoms with Crippen molar-refractivity contribution in [1.82, 2.24) is 30.4 Å². The van der Waals surface area contributed by atoms with Gasteiger partial charge in [-0.3, -0.25) is 19.8 Å². The van der Waals surface area contributed by atoms with Crippen LogP contribution in [0.3, 0.4) is 0 Å². The Kier molecular flexibility index (Phi) is 4.38. The number of aromatic amines is 1. The molecule has 26 heavy (non-hydrogen) atoms. The lowest BCUT2D eigenvalue weighted by Crippen LogP contribution is -2.54. The Labute approximate surface area is 151 Å². The summed E-state index contributed by atoms with van der Waals surface area (Å²) >= 11 is 0. The summed E-state index contributed by atoms with van der Waals surface area (Å²) in [6, 6.07) is 9.86. The van der Waals surface area contributed by atoms with Crippen molar-refractivity contribution in [1.29, 1.82) is 0 Å². The predicted molar refractivity (Wildman–Crippen MR) is 98.7 cm³/mol. The molecule has 7 heteroatoms. The number of aromatic nitrogens is 4. The Morgan fingerprint density at radius 3 is 3.00 bits per heavy atom. The summed E-state index contributed by atoms with van der Waals surface area (Å²) in [5.74, 6) is 1.57. The number of nitrogens with one attached hydrogen (secondary N) is 2. The van der Waals surface area contributed by atoms with Gasteiger partial charge in [-0.15, -0.1) is 0 Å². The van der Waals surface area contributed by atoms with Crippen molar-refractivity contribution >= 4 is 16.8 Å². The number of carbonyl (C=O) groups excluding carboxylic acids is 1. The minimum Gasteiger partial charge on any atom is -0.350 e. The first kappa shape index (κ1) is 16.7. The Morgan fingerprint density at radius 2 is 2.27 bits per heavy atom. The normalized spacial score (nSPS) is 18.5. The second-order valence-corrected chi connectivity index (χ2v) is 6.72. The second-order valence-electron chi connectivity index (χ2n) is 6.72. The van der Waals surface area contributed by atoms with Crippen LogP contribution in [0.2, 0.25) is 0 Å². The second kappa shape index (κ2) is 6.84. The quantitative estimate of drug-likeness (QED) is 0.737. The van der Waals surface area contributed by atoms with Crippen LogP contribution in [0.15, 0.2) is 36.5 Å². The fraction of sp³-hybridized carbons (Fsp3) is 0.368. The van der Waals surface area contributed by atoms with E-state index in [-0.39, 0.29) is 11.9 Å². The molecule has 1 aliphatic rings. The largest absolute Gasteiger partial charge is 0.350 e. The number of H-pyrrole nitrogens is 1. The van der Waals surface area contributed by atoms with Crippen molar-refractivity contribution in [3.8, 4) is 0 Å². The van der Waals surface area contributed by atoms with Gasteiger partial charge in [-0.2, -0.15) is 5.10 Å². The van der Waals surface area contributed by atoms with Crippen LogP contribution in [0.25, 0.3) is 10.9 Å². The highest BCUT2D eigenvalue weighted by atomic mass is 16.1. The lowest BCUT2D eigenvalue weighted by atomic mass is 9.99.